The van der Waals surface area contributed by atoms with Gasteiger partial charge in [0.1, 0.15) is 42.9 Å². The van der Waals surface area contributed by atoms with Crippen LogP contribution in [-0.4, -0.2) is 93.6 Å². The summed E-state index contributed by atoms with van der Waals surface area (Å²) in [7, 11) is 0. The van der Waals surface area contributed by atoms with Crippen molar-refractivity contribution in [2.45, 2.75) is 75.5 Å². The average molecular weight is 561 g/mol. The van der Waals surface area contributed by atoms with E-state index in [0.29, 0.717) is 29.6 Å². The van der Waals surface area contributed by atoms with Crippen LogP contribution in [0.2, 0.25) is 0 Å². The summed E-state index contributed by atoms with van der Waals surface area (Å²) in [6, 6.07) is 6.26. The van der Waals surface area contributed by atoms with Gasteiger partial charge in [0.2, 0.25) is 0 Å². The largest absolute Gasteiger partial charge is 0.508 e. The second-order valence-corrected chi connectivity index (χ2v) is 10.4. The van der Waals surface area contributed by atoms with E-state index < -0.39 is 61.5 Å². The van der Waals surface area contributed by atoms with Crippen LogP contribution in [0.5, 0.6) is 5.75 Å². The van der Waals surface area contributed by atoms with Crippen molar-refractivity contribution >= 4 is 11.9 Å². The van der Waals surface area contributed by atoms with Gasteiger partial charge < -0.3 is 44.5 Å². The summed E-state index contributed by atoms with van der Waals surface area (Å²) in [6.45, 7) is 5.08. The number of carbonyl (C=O) groups excluding carboxylic acids is 2. The van der Waals surface area contributed by atoms with E-state index in [0.717, 1.165) is 5.57 Å². The molecule has 5 N–H and O–H groups in total. The fourth-order valence-electron chi connectivity index (χ4n) is 5.03. The predicted octanol–water partition coefficient (Wildman–Crippen LogP) is 0.817. The molecule has 1 aromatic carbocycles. The number of ether oxygens (including phenoxy) is 4. The van der Waals surface area contributed by atoms with Gasteiger partial charge in [-0.25, -0.2) is 4.79 Å². The molecule has 218 valence electrons. The van der Waals surface area contributed by atoms with Crippen LogP contribution in [0, 0.1) is 5.92 Å². The molecule has 0 bridgehead atoms. The van der Waals surface area contributed by atoms with Crippen LogP contribution in [0.1, 0.15) is 31.7 Å². The highest BCUT2D eigenvalue weighted by Gasteiger charge is 2.45. The molecule has 0 radical (unpaired) electrons. The summed E-state index contributed by atoms with van der Waals surface area (Å²) in [5.41, 5.74) is 2.49. The molecular formula is C29H36O11. The van der Waals surface area contributed by atoms with Gasteiger partial charge in [0.15, 0.2) is 6.29 Å². The zero-order chi connectivity index (χ0) is 29.0. The van der Waals surface area contributed by atoms with Gasteiger partial charge in [0, 0.05) is 11.5 Å². The molecule has 2 fully saturated rings. The van der Waals surface area contributed by atoms with E-state index in [9.17, 15) is 35.1 Å². The Hall–Kier alpha value is -3.06. The Bertz CT molecular complexity index is 1140. The maximum absolute atomic E-state index is 12.5. The number of benzene rings is 1. The number of esters is 2. The van der Waals surface area contributed by atoms with Crippen molar-refractivity contribution in [3.63, 3.8) is 0 Å². The third-order valence-corrected chi connectivity index (χ3v) is 7.53. The highest BCUT2D eigenvalue weighted by atomic mass is 16.7. The van der Waals surface area contributed by atoms with Crippen molar-refractivity contribution in [1.82, 2.24) is 0 Å². The lowest BCUT2D eigenvalue weighted by molar-refractivity contribution is -0.308. The normalized spacial score (nSPS) is 35.5. The Kier molecular flexibility index (Phi) is 9.77. The topological polar surface area (TPSA) is 172 Å². The Morgan fingerprint density at radius 3 is 2.55 bits per heavy atom. The van der Waals surface area contributed by atoms with Crippen molar-refractivity contribution in [2.24, 2.45) is 5.92 Å². The molecule has 0 spiro atoms. The Labute approximate surface area is 231 Å². The molecule has 40 heavy (non-hydrogen) atoms. The van der Waals surface area contributed by atoms with Gasteiger partial charge in [0.05, 0.1) is 19.1 Å². The number of aliphatic hydroxyl groups excluding tert-OH is 4. The molecule has 0 amide bonds. The van der Waals surface area contributed by atoms with Crippen LogP contribution in [-0.2, 0) is 35.0 Å². The lowest BCUT2D eigenvalue weighted by Gasteiger charge is -2.41. The second kappa shape index (κ2) is 13.1. The van der Waals surface area contributed by atoms with Crippen molar-refractivity contribution < 1.29 is 54.1 Å². The summed E-state index contributed by atoms with van der Waals surface area (Å²) < 4.78 is 22.6. The molecule has 3 aliphatic rings. The van der Waals surface area contributed by atoms with E-state index in [-0.39, 0.29) is 31.1 Å². The molecular weight excluding hydrogens is 524 g/mol. The summed E-state index contributed by atoms with van der Waals surface area (Å²) in [5.74, 6) is -1.14. The predicted molar refractivity (Wildman–Crippen MR) is 140 cm³/mol. The third kappa shape index (κ3) is 6.98. The van der Waals surface area contributed by atoms with Crippen LogP contribution in [0.25, 0.3) is 0 Å². The molecule has 1 aliphatic carbocycles. The highest BCUT2D eigenvalue weighted by Crippen LogP contribution is 2.35. The first-order valence-corrected chi connectivity index (χ1v) is 13.2. The third-order valence-electron chi connectivity index (χ3n) is 7.53. The summed E-state index contributed by atoms with van der Waals surface area (Å²) in [6.07, 6.45) is -3.52. The van der Waals surface area contributed by atoms with E-state index >= 15 is 0 Å². The number of fused-ring (bicyclic) bond motifs is 1. The number of rotatable bonds is 7. The number of aromatic hydroxyl groups is 1. The number of hydrogen-bond acceptors (Lipinski definition) is 11. The molecule has 0 saturated carbocycles. The number of carbonyl (C=O) groups is 2. The van der Waals surface area contributed by atoms with Gasteiger partial charge in [-0.2, -0.15) is 0 Å². The maximum atomic E-state index is 12.5. The van der Waals surface area contributed by atoms with Gasteiger partial charge in [-0.3, -0.25) is 4.79 Å². The summed E-state index contributed by atoms with van der Waals surface area (Å²) in [4.78, 5) is 24.8. The Morgan fingerprint density at radius 2 is 1.85 bits per heavy atom. The minimum Gasteiger partial charge on any atom is -0.508 e. The summed E-state index contributed by atoms with van der Waals surface area (Å²) >= 11 is 0. The smallest absolute Gasteiger partial charge is 0.334 e. The minimum absolute atomic E-state index is 0.00507. The molecule has 0 aromatic heterocycles. The number of hydrogen-bond donors (Lipinski definition) is 5. The van der Waals surface area contributed by atoms with Crippen LogP contribution < -0.4 is 0 Å². The van der Waals surface area contributed by atoms with E-state index in [1.54, 1.807) is 25.1 Å². The first kappa shape index (κ1) is 29.9. The first-order chi connectivity index (χ1) is 19.1. The molecule has 4 rings (SSSR count). The molecule has 2 aliphatic heterocycles. The number of phenols is 1. The Morgan fingerprint density at radius 1 is 1.12 bits per heavy atom. The van der Waals surface area contributed by atoms with Gasteiger partial charge >= 0.3 is 11.9 Å². The molecule has 1 aromatic rings. The second-order valence-electron chi connectivity index (χ2n) is 10.4. The number of aliphatic hydroxyl groups is 4. The SMILES string of the molecule is C=C1C(=O)O[C@@H]2/C=C(\C)[C@H](O[C@@H]3O[C@H](CO)[C@@H](O)[C@H](O)[C@H]3O)C/C=C(\COC(=O)Cc3ccc(O)cc3)CC[C@@H]12. The molecule has 11 heteroatoms. The zero-order valence-electron chi connectivity index (χ0n) is 22.2. The minimum atomic E-state index is -1.60. The van der Waals surface area contributed by atoms with Crippen molar-refractivity contribution in [3.05, 3.63) is 65.3 Å². The molecule has 0 unspecified atom stereocenters. The average Bonchev–Trinajstić information content (AvgIpc) is 3.19. The van der Waals surface area contributed by atoms with Gasteiger partial charge in [-0.05, 0) is 61.1 Å². The van der Waals surface area contributed by atoms with Crippen LogP contribution in [0.3, 0.4) is 0 Å². The maximum Gasteiger partial charge on any atom is 0.334 e. The standard InChI is InChI=1S/C29H36O11/c1-15-11-22-20(16(2)28(36)38-22)9-5-18(14-37-24(32)12-17-3-7-19(31)8-4-17)6-10-21(15)39-29-27(35)26(34)25(33)23(13-30)40-29/h3-4,6-8,11,20-23,25-27,29-31,33-35H,2,5,9-10,12-14H2,1H3/b15-11+,18-6-/t20-,21+,22+,23+,25+,26-,27+,29+/m0/s1. The van der Waals surface area contributed by atoms with E-state index in [2.05, 4.69) is 6.58 Å². The zero-order valence-corrected chi connectivity index (χ0v) is 22.2. The fourth-order valence-corrected chi connectivity index (χ4v) is 5.03. The Balaban J connectivity index is 1.51. The lowest BCUT2D eigenvalue weighted by atomic mass is 9.87. The van der Waals surface area contributed by atoms with E-state index in [1.165, 1.54) is 12.1 Å². The molecule has 2 saturated heterocycles. The van der Waals surface area contributed by atoms with Crippen LogP contribution in [0.15, 0.2) is 59.7 Å². The van der Waals surface area contributed by atoms with Crippen molar-refractivity contribution in [3.8, 4) is 5.75 Å². The number of phenolic OH excluding ortho intramolecular Hbond substituents is 1. The monoisotopic (exact) mass is 560 g/mol. The summed E-state index contributed by atoms with van der Waals surface area (Å²) in [5, 5.41) is 49.7. The first-order valence-electron chi connectivity index (χ1n) is 13.2. The van der Waals surface area contributed by atoms with Crippen molar-refractivity contribution in [1.29, 1.82) is 0 Å². The van der Waals surface area contributed by atoms with Crippen LogP contribution in [0.4, 0.5) is 0 Å². The highest BCUT2D eigenvalue weighted by molar-refractivity contribution is 5.91. The molecule has 8 atom stereocenters. The van der Waals surface area contributed by atoms with Crippen LogP contribution >= 0.6 is 0 Å². The van der Waals surface area contributed by atoms with Gasteiger partial charge in [0.25, 0.3) is 0 Å². The molecule has 11 nitrogen and oxygen atoms in total. The quantitative estimate of drug-likeness (QED) is 0.182. The lowest BCUT2D eigenvalue weighted by Crippen LogP contribution is -2.59. The molecule has 2 heterocycles. The van der Waals surface area contributed by atoms with E-state index in [1.807, 2.05) is 6.08 Å². The fraction of sp³-hybridized carbons (Fsp3) is 0.517. The van der Waals surface area contributed by atoms with Gasteiger partial charge in [-0.15, -0.1) is 0 Å². The van der Waals surface area contributed by atoms with E-state index in [4.69, 9.17) is 18.9 Å². The van der Waals surface area contributed by atoms with Crippen molar-refractivity contribution in [2.75, 3.05) is 13.2 Å². The van der Waals surface area contributed by atoms with Gasteiger partial charge in [-0.1, -0.05) is 24.8 Å².